The van der Waals surface area contributed by atoms with Crippen LogP contribution in [0.3, 0.4) is 0 Å². The van der Waals surface area contributed by atoms with E-state index in [1.807, 2.05) is 6.92 Å². The maximum absolute atomic E-state index is 10.9. The van der Waals surface area contributed by atoms with Crippen LogP contribution >= 0.6 is 0 Å². The number of hydrogen-bond acceptors (Lipinski definition) is 2. The van der Waals surface area contributed by atoms with Gasteiger partial charge in [-0.3, -0.25) is 4.79 Å². The van der Waals surface area contributed by atoms with Gasteiger partial charge < -0.3 is 10.4 Å². The summed E-state index contributed by atoms with van der Waals surface area (Å²) in [6.45, 7) is 5.55. The lowest BCUT2D eigenvalue weighted by atomic mass is 10.0. The Morgan fingerprint density at radius 2 is 2.23 bits per heavy atom. The average Bonchev–Trinajstić information content (AvgIpc) is 2.02. The Balaban J connectivity index is 3.84. The third-order valence-corrected chi connectivity index (χ3v) is 1.66. The van der Waals surface area contributed by atoms with Crippen molar-refractivity contribution >= 4 is 5.91 Å². The second-order valence-corrected chi connectivity index (χ2v) is 3.30. The molecule has 0 rings (SSSR count). The monoisotopic (exact) mass is 183 g/mol. The first-order valence-corrected chi connectivity index (χ1v) is 4.45. The molecular weight excluding hydrogens is 166 g/mol. The summed E-state index contributed by atoms with van der Waals surface area (Å²) in [7, 11) is 0. The van der Waals surface area contributed by atoms with E-state index in [9.17, 15) is 9.90 Å². The van der Waals surface area contributed by atoms with Crippen molar-refractivity contribution in [2.45, 2.75) is 39.2 Å². The van der Waals surface area contributed by atoms with E-state index in [4.69, 9.17) is 0 Å². The summed E-state index contributed by atoms with van der Waals surface area (Å²) in [6, 6.07) is 0. The average molecular weight is 183 g/mol. The number of nitrogens with one attached hydrogen (secondary N) is 1. The molecule has 0 saturated carbocycles. The highest BCUT2D eigenvalue weighted by Gasteiger charge is 2.19. The Labute approximate surface area is 79.5 Å². The zero-order chi connectivity index (χ0) is 10.3. The van der Waals surface area contributed by atoms with E-state index in [2.05, 4.69) is 17.2 Å². The maximum atomic E-state index is 10.9. The van der Waals surface area contributed by atoms with Crippen LogP contribution in [-0.4, -0.2) is 23.2 Å². The maximum Gasteiger partial charge on any atom is 0.295 e. The Kier molecular flexibility index (Phi) is 5.17. The van der Waals surface area contributed by atoms with E-state index < -0.39 is 5.60 Å². The molecule has 0 radical (unpaired) electrons. The predicted molar refractivity (Wildman–Crippen MR) is 52.0 cm³/mol. The van der Waals surface area contributed by atoms with Gasteiger partial charge in [0.25, 0.3) is 5.91 Å². The molecule has 74 valence electrons. The SMILES string of the molecule is CC#CC(=O)NCC(C)(O)CCC. The van der Waals surface area contributed by atoms with E-state index >= 15 is 0 Å². The van der Waals surface area contributed by atoms with E-state index in [-0.39, 0.29) is 12.5 Å². The Morgan fingerprint density at radius 1 is 1.62 bits per heavy atom. The van der Waals surface area contributed by atoms with Gasteiger partial charge in [-0.05, 0) is 26.2 Å². The molecule has 0 aliphatic carbocycles. The van der Waals surface area contributed by atoms with E-state index in [1.165, 1.54) is 0 Å². The molecule has 0 aromatic rings. The highest BCUT2D eigenvalue weighted by Crippen LogP contribution is 2.09. The Hall–Kier alpha value is -1.01. The molecule has 0 saturated heterocycles. The van der Waals surface area contributed by atoms with Gasteiger partial charge in [0, 0.05) is 6.54 Å². The molecule has 0 fully saturated rings. The minimum atomic E-state index is -0.820. The van der Waals surface area contributed by atoms with Crippen LogP contribution in [0.15, 0.2) is 0 Å². The third kappa shape index (κ3) is 6.18. The quantitative estimate of drug-likeness (QED) is 0.630. The number of rotatable bonds is 4. The fourth-order valence-electron chi connectivity index (χ4n) is 1.06. The Bertz CT molecular complexity index is 223. The molecule has 1 atom stereocenters. The molecule has 3 nitrogen and oxygen atoms in total. The number of aliphatic hydroxyl groups is 1. The van der Waals surface area contributed by atoms with Gasteiger partial charge in [0.1, 0.15) is 0 Å². The van der Waals surface area contributed by atoms with Crippen LogP contribution in [0, 0.1) is 11.8 Å². The second-order valence-electron chi connectivity index (χ2n) is 3.30. The molecule has 0 aliphatic heterocycles. The third-order valence-electron chi connectivity index (χ3n) is 1.66. The predicted octanol–water partition coefficient (Wildman–Crippen LogP) is 0.677. The summed E-state index contributed by atoms with van der Waals surface area (Å²) >= 11 is 0. The van der Waals surface area contributed by atoms with Crippen molar-refractivity contribution in [1.82, 2.24) is 5.32 Å². The van der Waals surface area contributed by atoms with Crippen molar-refractivity contribution in [2.75, 3.05) is 6.54 Å². The lowest BCUT2D eigenvalue weighted by molar-refractivity contribution is -0.116. The minimum absolute atomic E-state index is 0.258. The molecular formula is C10H17NO2. The molecule has 0 spiro atoms. The summed E-state index contributed by atoms with van der Waals surface area (Å²) in [5.74, 6) is 4.51. The van der Waals surface area contributed by atoms with Gasteiger partial charge in [0.2, 0.25) is 0 Å². The van der Waals surface area contributed by atoms with Crippen LogP contribution in [0.2, 0.25) is 0 Å². The standard InChI is InChI=1S/C10H17NO2/c1-4-6-9(12)11-8-10(3,13)7-5-2/h13H,5,7-8H2,1-3H3,(H,11,12). The van der Waals surface area contributed by atoms with Gasteiger partial charge in [-0.2, -0.15) is 0 Å². The van der Waals surface area contributed by atoms with Crippen molar-refractivity contribution in [3.8, 4) is 11.8 Å². The smallest absolute Gasteiger partial charge is 0.295 e. The molecule has 13 heavy (non-hydrogen) atoms. The Morgan fingerprint density at radius 3 is 2.69 bits per heavy atom. The van der Waals surface area contributed by atoms with Gasteiger partial charge in [0.05, 0.1) is 5.60 Å². The molecule has 0 aromatic heterocycles. The van der Waals surface area contributed by atoms with Crippen LogP contribution in [0.1, 0.15) is 33.6 Å². The van der Waals surface area contributed by atoms with Crippen LogP contribution in [0.25, 0.3) is 0 Å². The minimum Gasteiger partial charge on any atom is -0.388 e. The molecule has 0 bridgehead atoms. The normalized spacial score (nSPS) is 13.8. The van der Waals surface area contributed by atoms with Gasteiger partial charge in [-0.1, -0.05) is 19.3 Å². The summed E-state index contributed by atoms with van der Waals surface area (Å²) < 4.78 is 0. The summed E-state index contributed by atoms with van der Waals surface area (Å²) in [4.78, 5) is 10.9. The molecule has 3 heteroatoms. The first kappa shape index (κ1) is 12.0. The first-order chi connectivity index (χ1) is 6.02. The molecule has 1 amide bonds. The van der Waals surface area contributed by atoms with Crippen LogP contribution in [-0.2, 0) is 4.79 Å². The van der Waals surface area contributed by atoms with Crippen molar-refractivity contribution in [3.63, 3.8) is 0 Å². The van der Waals surface area contributed by atoms with Gasteiger partial charge >= 0.3 is 0 Å². The van der Waals surface area contributed by atoms with Crippen molar-refractivity contribution in [3.05, 3.63) is 0 Å². The molecule has 0 aliphatic rings. The van der Waals surface area contributed by atoms with E-state index in [0.717, 1.165) is 6.42 Å². The largest absolute Gasteiger partial charge is 0.388 e. The molecule has 0 heterocycles. The van der Waals surface area contributed by atoms with Crippen LogP contribution in [0.5, 0.6) is 0 Å². The van der Waals surface area contributed by atoms with Gasteiger partial charge in [0.15, 0.2) is 0 Å². The summed E-state index contributed by atoms with van der Waals surface area (Å²) in [5, 5.41) is 12.2. The molecule has 2 N–H and O–H groups in total. The zero-order valence-corrected chi connectivity index (χ0v) is 8.48. The lowest BCUT2D eigenvalue weighted by Gasteiger charge is -2.22. The summed E-state index contributed by atoms with van der Waals surface area (Å²) in [6.07, 6.45) is 1.56. The van der Waals surface area contributed by atoms with E-state index in [0.29, 0.717) is 6.42 Å². The lowest BCUT2D eigenvalue weighted by Crippen LogP contribution is -2.40. The second kappa shape index (κ2) is 5.60. The topological polar surface area (TPSA) is 49.3 Å². The van der Waals surface area contributed by atoms with Crippen molar-refractivity contribution in [2.24, 2.45) is 0 Å². The van der Waals surface area contributed by atoms with Gasteiger partial charge in [-0.25, -0.2) is 0 Å². The van der Waals surface area contributed by atoms with Gasteiger partial charge in [-0.15, -0.1) is 0 Å². The highest BCUT2D eigenvalue weighted by atomic mass is 16.3. The fourth-order valence-corrected chi connectivity index (χ4v) is 1.06. The van der Waals surface area contributed by atoms with Crippen molar-refractivity contribution in [1.29, 1.82) is 0 Å². The number of hydrogen-bond donors (Lipinski definition) is 2. The molecule has 0 aromatic carbocycles. The molecule has 1 unspecified atom stereocenters. The number of carbonyl (C=O) groups is 1. The first-order valence-electron chi connectivity index (χ1n) is 4.45. The fraction of sp³-hybridized carbons (Fsp3) is 0.700. The van der Waals surface area contributed by atoms with Crippen molar-refractivity contribution < 1.29 is 9.90 Å². The highest BCUT2D eigenvalue weighted by molar-refractivity contribution is 5.93. The number of carbonyl (C=O) groups excluding carboxylic acids is 1. The zero-order valence-electron chi connectivity index (χ0n) is 8.48. The van der Waals surface area contributed by atoms with E-state index in [1.54, 1.807) is 13.8 Å². The van der Waals surface area contributed by atoms with Crippen LogP contribution in [0.4, 0.5) is 0 Å². The summed E-state index contributed by atoms with van der Waals surface area (Å²) in [5.41, 5.74) is -0.820. The van der Waals surface area contributed by atoms with Crippen LogP contribution < -0.4 is 5.32 Å². The number of amides is 1.